The van der Waals surface area contributed by atoms with E-state index in [0.717, 1.165) is 44.6 Å². The number of alkyl halides is 3. The van der Waals surface area contributed by atoms with E-state index in [1.807, 2.05) is 6.92 Å². The van der Waals surface area contributed by atoms with Crippen molar-refractivity contribution in [3.63, 3.8) is 0 Å². The van der Waals surface area contributed by atoms with Crippen molar-refractivity contribution < 1.29 is 22.7 Å². The molecule has 1 unspecified atom stereocenters. The molecule has 1 atom stereocenters. The number of nitrogens with zero attached hydrogens (tertiary/aromatic N) is 2. The van der Waals surface area contributed by atoms with Crippen LogP contribution in [0.15, 0.2) is 24.3 Å². The quantitative estimate of drug-likeness (QED) is 0.798. The van der Waals surface area contributed by atoms with Gasteiger partial charge in [-0.25, -0.2) is 0 Å². The van der Waals surface area contributed by atoms with Gasteiger partial charge in [-0.3, -0.25) is 14.6 Å². The number of hydrogen-bond acceptors (Lipinski definition) is 4. The highest BCUT2D eigenvalue weighted by Crippen LogP contribution is 2.23. The number of ether oxygens (including phenoxy) is 1. The largest absolute Gasteiger partial charge is 0.573 e. The maximum absolute atomic E-state index is 12.4. The molecule has 0 spiro atoms. The first-order chi connectivity index (χ1) is 13.3. The van der Waals surface area contributed by atoms with E-state index in [9.17, 15) is 18.0 Å². The van der Waals surface area contributed by atoms with Crippen molar-refractivity contribution in [2.75, 3.05) is 26.2 Å². The highest BCUT2D eigenvalue weighted by atomic mass is 19.4. The van der Waals surface area contributed by atoms with Crippen molar-refractivity contribution in [3.05, 3.63) is 29.8 Å². The molecule has 1 aromatic rings. The van der Waals surface area contributed by atoms with Gasteiger partial charge in [0, 0.05) is 38.8 Å². The third-order valence-corrected chi connectivity index (χ3v) is 5.60. The van der Waals surface area contributed by atoms with Crippen molar-refractivity contribution >= 4 is 5.91 Å². The van der Waals surface area contributed by atoms with E-state index >= 15 is 0 Å². The summed E-state index contributed by atoms with van der Waals surface area (Å²) in [5.74, 6) is -0.0937. The molecule has 1 N–H and O–H groups in total. The van der Waals surface area contributed by atoms with Crippen LogP contribution in [0.5, 0.6) is 5.75 Å². The molecule has 28 heavy (non-hydrogen) atoms. The Hall–Kier alpha value is -1.80. The lowest BCUT2D eigenvalue weighted by molar-refractivity contribution is -0.274. The zero-order valence-corrected chi connectivity index (χ0v) is 16.2. The Morgan fingerprint density at radius 3 is 2.32 bits per heavy atom. The summed E-state index contributed by atoms with van der Waals surface area (Å²) < 4.78 is 40.6. The lowest BCUT2D eigenvalue weighted by Crippen LogP contribution is -2.54. The van der Waals surface area contributed by atoms with Crippen LogP contribution in [0.2, 0.25) is 0 Å². The first kappa shape index (κ1) is 20.9. The molecule has 1 aliphatic carbocycles. The van der Waals surface area contributed by atoms with Gasteiger partial charge >= 0.3 is 6.36 Å². The Labute approximate surface area is 163 Å². The second kappa shape index (κ2) is 9.13. The lowest BCUT2D eigenvalue weighted by atomic mass is 10.1. The molecule has 2 aliphatic rings. The molecule has 0 bridgehead atoms. The highest BCUT2D eigenvalue weighted by molar-refractivity contribution is 5.81. The van der Waals surface area contributed by atoms with Crippen molar-refractivity contribution in [3.8, 4) is 5.75 Å². The summed E-state index contributed by atoms with van der Waals surface area (Å²) in [7, 11) is 0. The number of carbonyl (C=O) groups excluding carboxylic acids is 1. The van der Waals surface area contributed by atoms with Gasteiger partial charge in [0.1, 0.15) is 5.75 Å². The second-order valence-corrected chi connectivity index (χ2v) is 7.67. The van der Waals surface area contributed by atoms with Gasteiger partial charge in [-0.05, 0) is 37.5 Å². The minimum absolute atomic E-state index is 0.112. The van der Waals surface area contributed by atoms with E-state index in [4.69, 9.17) is 0 Å². The molecule has 5 nitrogen and oxygen atoms in total. The number of halogens is 3. The zero-order chi connectivity index (χ0) is 20.1. The van der Waals surface area contributed by atoms with Crippen LogP contribution in [0.1, 0.15) is 38.2 Å². The second-order valence-electron chi connectivity index (χ2n) is 7.67. The van der Waals surface area contributed by atoms with Crippen LogP contribution in [-0.2, 0) is 11.3 Å². The summed E-state index contributed by atoms with van der Waals surface area (Å²) in [6.45, 7) is 5.87. The minimum atomic E-state index is -4.67. The molecule has 0 radical (unpaired) electrons. The van der Waals surface area contributed by atoms with E-state index in [-0.39, 0.29) is 17.7 Å². The number of amides is 1. The van der Waals surface area contributed by atoms with Gasteiger partial charge in [0.05, 0.1) is 6.04 Å². The fourth-order valence-corrected chi connectivity index (χ4v) is 3.92. The third-order valence-electron chi connectivity index (χ3n) is 5.60. The van der Waals surface area contributed by atoms with Crippen molar-refractivity contribution in [2.24, 2.45) is 0 Å². The van der Waals surface area contributed by atoms with Crippen molar-refractivity contribution in [1.82, 2.24) is 15.1 Å². The maximum atomic E-state index is 12.4. The number of hydrogen-bond donors (Lipinski definition) is 1. The topological polar surface area (TPSA) is 44.8 Å². The molecule has 3 rings (SSSR count). The molecular formula is C20H28F3N3O2. The van der Waals surface area contributed by atoms with Crippen LogP contribution in [0.4, 0.5) is 13.2 Å². The van der Waals surface area contributed by atoms with Gasteiger partial charge < -0.3 is 10.1 Å². The van der Waals surface area contributed by atoms with E-state index in [2.05, 4.69) is 19.9 Å². The molecule has 8 heteroatoms. The Morgan fingerprint density at radius 1 is 1.14 bits per heavy atom. The fourth-order valence-electron chi connectivity index (χ4n) is 3.92. The van der Waals surface area contributed by atoms with Gasteiger partial charge in [-0.15, -0.1) is 13.2 Å². The van der Waals surface area contributed by atoms with Crippen LogP contribution in [0.25, 0.3) is 0 Å². The fraction of sp³-hybridized carbons (Fsp3) is 0.650. The molecule has 1 heterocycles. The Bertz CT molecular complexity index is 637. The number of piperazine rings is 1. The number of rotatable bonds is 6. The predicted molar refractivity (Wildman–Crippen MR) is 99.8 cm³/mol. The molecule has 1 saturated heterocycles. The van der Waals surface area contributed by atoms with E-state index in [1.54, 1.807) is 12.1 Å². The average Bonchev–Trinajstić information content (AvgIpc) is 3.15. The Kier molecular flexibility index (Phi) is 6.82. The summed E-state index contributed by atoms with van der Waals surface area (Å²) in [5.41, 5.74) is 0.940. The Balaban J connectivity index is 1.42. The summed E-state index contributed by atoms with van der Waals surface area (Å²) in [6, 6.07) is 6.20. The third kappa shape index (κ3) is 6.10. The molecule has 0 aromatic heterocycles. The van der Waals surface area contributed by atoms with E-state index in [1.165, 1.54) is 25.0 Å². The number of nitrogens with one attached hydrogen (secondary N) is 1. The standard InChI is InChI=1S/C20H28F3N3O2/c1-15(19(27)24-17-4-2-3-5-17)26-12-10-25(11-13-26)14-16-6-8-18(9-7-16)28-20(21,22)23/h6-9,15,17H,2-5,10-14H2,1H3,(H,24,27). The van der Waals surface area contributed by atoms with E-state index in [0.29, 0.717) is 12.6 Å². The summed E-state index contributed by atoms with van der Waals surface area (Å²) >= 11 is 0. The molecule has 2 fully saturated rings. The van der Waals surface area contributed by atoms with Gasteiger partial charge in [-0.2, -0.15) is 0 Å². The first-order valence-corrected chi connectivity index (χ1v) is 9.91. The number of benzene rings is 1. The molecule has 1 amide bonds. The van der Waals surface area contributed by atoms with Gasteiger partial charge in [0.2, 0.25) is 5.91 Å². The summed E-state index contributed by atoms with van der Waals surface area (Å²) in [6.07, 6.45) is -0.112. The molecular weight excluding hydrogens is 371 g/mol. The molecule has 156 valence electrons. The highest BCUT2D eigenvalue weighted by Gasteiger charge is 2.31. The predicted octanol–water partition coefficient (Wildman–Crippen LogP) is 3.15. The normalized spacial score (nSPS) is 20.9. The van der Waals surface area contributed by atoms with Gasteiger partial charge in [0.15, 0.2) is 0 Å². The molecule has 1 saturated carbocycles. The van der Waals surface area contributed by atoms with Crippen molar-refractivity contribution in [2.45, 2.75) is 57.6 Å². The van der Waals surface area contributed by atoms with Crippen LogP contribution >= 0.6 is 0 Å². The maximum Gasteiger partial charge on any atom is 0.573 e. The smallest absolute Gasteiger partial charge is 0.406 e. The van der Waals surface area contributed by atoms with Crippen LogP contribution in [0.3, 0.4) is 0 Å². The first-order valence-electron chi connectivity index (χ1n) is 9.91. The average molecular weight is 399 g/mol. The minimum Gasteiger partial charge on any atom is -0.406 e. The summed E-state index contributed by atoms with van der Waals surface area (Å²) in [5, 5.41) is 3.16. The van der Waals surface area contributed by atoms with Gasteiger partial charge in [0.25, 0.3) is 0 Å². The zero-order valence-electron chi connectivity index (χ0n) is 16.2. The number of carbonyl (C=O) groups is 1. The SMILES string of the molecule is CC(C(=O)NC1CCCC1)N1CCN(Cc2ccc(OC(F)(F)F)cc2)CC1. The summed E-state index contributed by atoms with van der Waals surface area (Å²) in [4.78, 5) is 16.9. The van der Waals surface area contributed by atoms with E-state index < -0.39 is 6.36 Å². The molecule has 1 aromatic carbocycles. The molecule has 1 aliphatic heterocycles. The van der Waals surface area contributed by atoms with Crippen LogP contribution in [0, 0.1) is 0 Å². The van der Waals surface area contributed by atoms with Gasteiger partial charge in [-0.1, -0.05) is 25.0 Å². The van der Waals surface area contributed by atoms with Crippen molar-refractivity contribution in [1.29, 1.82) is 0 Å². The Morgan fingerprint density at radius 2 is 1.75 bits per heavy atom. The van der Waals surface area contributed by atoms with Crippen LogP contribution in [-0.4, -0.2) is 60.3 Å². The lowest BCUT2D eigenvalue weighted by Gasteiger charge is -2.37. The monoisotopic (exact) mass is 399 g/mol. The van der Waals surface area contributed by atoms with Crippen LogP contribution < -0.4 is 10.1 Å².